The fourth-order valence-electron chi connectivity index (χ4n) is 3.05. The molecule has 2 rings (SSSR count). The lowest BCUT2D eigenvalue weighted by Crippen LogP contribution is -2.37. The zero-order chi connectivity index (χ0) is 21.2. The van der Waals surface area contributed by atoms with Gasteiger partial charge in [0, 0.05) is 38.0 Å². The van der Waals surface area contributed by atoms with Crippen LogP contribution in [0.1, 0.15) is 37.2 Å². The van der Waals surface area contributed by atoms with Crippen LogP contribution in [0.4, 0.5) is 0 Å². The van der Waals surface area contributed by atoms with Crippen LogP contribution < -0.4 is 10.6 Å². The summed E-state index contributed by atoms with van der Waals surface area (Å²) in [5.41, 5.74) is 2.58. The van der Waals surface area contributed by atoms with Gasteiger partial charge in [0.25, 0.3) is 0 Å². The van der Waals surface area contributed by atoms with E-state index in [0.717, 1.165) is 49.4 Å². The number of thioether (sulfide) groups is 2. The minimum Gasteiger partial charge on any atom is -0.356 e. The van der Waals surface area contributed by atoms with Crippen LogP contribution in [0.3, 0.4) is 0 Å². The third-order valence-corrected chi connectivity index (χ3v) is 5.99. The number of hydrogen-bond donors (Lipinski definition) is 2. The lowest BCUT2D eigenvalue weighted by Gasteiger charge is -2.14. The van der Waals surface area contributed by atoms with E-state index in [4.69, 9.17) is 0 Å². The van der Waals surface area contributed by atoms with E-state index in [1.165, 1.54) is 16.0 Å². The first-order valence-corrected chi connectivity index (χ1v) is 12.5. The fraction of sp³-hybridized carbons (Fsp3) is 0.571. The number of aryl methyl sites for hydroxylation is 2. The Kier molecular flexibility index (Phi) is 9.87. The lowest BCUT2D eigenvalue weighted by molar-refractivity contribution is 0.477. The zero-order valence-corrected chi connectivity index (χ0v) is 20.1. The van der Waals surface area contributed by atoms with Gasteiger partial charge in [-0.3, -0.25) is 4.99 Å². The second-order valence-electron chi connectivity index (χ2n) is 7.38. The molecule has 0 aliphatic carbocycles. The molecule has 1 aromatic carbocycles. The van der Waals surface area contributed by atoms with E-state index in [9.17, 15) is 0 Å². The van der Waals surface area contributed by atoms with Gasteiger partial charge < -0.3 is 15.2 Å². The molecule has 29 heavy (non-hydrogen) atoms. The summed E-state index contributed by atoms with van der Waals surface area (Å²) in [6.45, 7) is 9.14. The molecule has 160 valence electrons. The number of nitrogens with one attached hydrogen (secondary N) is 2. The van der Waals surface area contributed by atoms with Crippen molar-refractivity contribution in [3.63, 3.8) is 0 Å². The molecule has 8 heteroatoms. The molecular formula is C21H34N6S2. The Balaban J connectivity index is 1.83. The van der Waals surface area contributed by atoms with Gasteiger partial charge in [-0.2, -0.15) is 0 Å². The van der Waals surface area contributed by atoms with Gasteiger partial charge in [-0.15, -0.1) is 22.0 Å². The van der Waals surface area contributed by atoms with Crippen LogP contribution in [0.15, 0.2) is 33.2 Å². The van der Waals surface area contributed by atoms with Crippen molar-refractivity contribution in [2.24, 2.45) is 10.9 Å². The van der Waals surface area contributed by atoms with Crippen molar-refractivity contribution in [3.8, 4) is 0 Å². The van der Waals surface area contributed by atoms with Gasteiger partial charge in [0.1, 0.15) is 5.82 Å². The van der Waals surface area contributed by atoms with E-state index in [1.807, 2.05) is 7.05 Å². The van der Waals surface area contributed by atoms with Gasteiger partial charge in [-0.25, -0.2) is 0 Å². The second-order valence-corrected chi connectivity index (χ2v) is 9.00. The van der Waals surface area contributed by atoms with Crippen LogP contribution in [0.2, 0.25) is 0 Å². The summed E-state index contributed by atoms with van der Waals surface area (Å²) in [6, 6.07) is 6.57. The summed E-state index contributed by atoms with van der Waals surface area (Å²) in [5.74, 6) is 2.47. The quantitative estimate of drug-likeness (QED) is 0.255. The summed E-state index contributed by atoms with van der Waals surface area (Å²) < 4.78 is 2.25. The molecule has 2 aromatic rings. The van der Waals surface area contributed by atoms with Crippen LogP contribution in [0.5, 0.6) is 0 Å². The maximum absolute atomic E-state index is 4.40. The summed E-state index contributed by atoms with van der Waals surface area (Å²) in [4.78, 5) is 5.65. The number of nitrogens with zero attached hydrogens (tertiary/aromatic N) is 4. The second kappa shape index (κ2) is 12.1. The highest BCUT2D eigenvalue weighted by atomic mass is 32.2. The number of aromatic nitrogens is 3. The molecule has 0 aliphatic heterocycles. The van der Waals surface area contributed by atoms with Crippen molar-refractivity contribution in [2.75, 3.05) is 26.1 Å². The Bertz CT molecular complexity index is 800. The molecule has 6 nitrogen and oxygen atoms in total. The first-order valence-electron chi connectivity index (χ1n) is 10.0. The molecule has 1 aromatic heterocycles. The van der Waals surface area contributed by atoms with Gasteiger partial charge in [-0.05, 0) is 49.0 Å². The average molecular weight is 435 g/mol. The highest BCUT2D eigenvalue weighted by Gasteiger charge is 2.12. The molecule has 1 heterocycles. The van der Waals surface area contributed by atoms with E-state index in [-0.39, 0.29) is 0 Å². The SMILES string of the molecule is CN=C(NCCCc1nnc(SC)n1CC(C)C)NCc1ccc(C)cc1SC. The minimum atomic E-state index is 0.574. The predicted molar refractivity (Wildman–Crippen MR) is 126 cm³/mol. The molecule has 0 bridgehead atoms. The van der Waals surface area contributed by atoms with Crippen LogP contribution in [0, 0.1) is 12.8 Å². The van der Waals surface area contributed by atoms with Gasteiger partial charge in [0.05, 0.1) is 0 Å². The van der Waals surface area contributed by atoms with E-state index >= 15 is 0 Å². The maximum atomic E-state index is 4.40. The first-order chi connectivity index (χ1) is 14.0. The number of hydrogen-bond acceptors (Lipinski definition) is 5. The molecule has 0 amide bonds. The van der Waals surface area contributed by atoms with Crippen molar-refractivity contribution in [1.82, 2.24) is 25.4 Å². The molecule has 2 N–H and O–H groups in total. The van der Waals surface area contributed by atoms with Crippen LogP contribution >= 0.6 is 23.5 Å². The Morgan fingerprint density at radius 1 is 1.17 bits per heavy atom. The van der Waals surface area contributed by atoms with Crippen LogP contribution in [-0.4, -0.2) is 46.8 Å². The molecule has 0 saturated carbocycles. The largest absolute Gasteiger partial charge is 0.356 e. The smallest absolute Gasteiger partial charge is 0.191 e. The monoisotopic (exact) mass is 434 g/mol. The number of rotatable bonds is 10. The maximum Gasteiger partial charge on any atom is 0.191 e. The summed E-state index contributed by atoms with van der Waals surface area (Å²) >= 11 is 3.44. The number of guanidine groups is 1. The Morgan fingerprint density at radius 2 is 1.97 bits per heavy atom. The lowest BCUT2D eigenvalue weighted by atomic mass is 10.1. The predicted octanol–water partition coefficient (Wildman–Crippen LogP) is 3.98. The topological polar surface area (TPSA) is 67.1 Å². The van der Waals surface area contributed by atoms with Crippen molar-refractivity contribution in [3.05, 3.63) is 35.2 Å². The van der Waals surface area contributed by atoms with Crippen molar-refractivity contribution in [2.45, 2.75) is 56.8 Å². The summed E-state index contributed by atoms with van der Waals surface area (Å²) in [7, 11) is 1.81. The van der Waals surface area contributed by atoms with Crippen molar-refractivity contribution < 1.29 is 0 Å². The van der Waals surface area contributed by atoms with Crippen LogP contribution in [-0.2, 0) is 19.5 Å². The molecular weight excluding hydrogens is 400 g/mol. The van der Waals surface area contributed by atoms with Crippen LogP contribution in [0.25, 0.3) is 0 Å². The highest BCUT2D eigenvalue weighted by Crippen LogP contribution is 2.21. The molecule has 0 unspecified atom stereocenters. The van der Waals surface area contributed by atoms with Gasteiger partial charge in [0.2, 0.25) is 0 Å². The molecule has 0 fully saturated rings. The molecule has 0 saturated heterocycles. The minimum absolute atomic E-state index is 0.574. The number of benzene rings is 1. The fourth-order valence-corrected chi connectivity index (χ4v) is 4.28. The third-order valence-electron chi connectivity index (χ3n) is 4.51. The Labute approximate surface area is 183 Å². The summed E-state index contributed by atoms with van der Waals surface area (Å²) in [6.07, 6.45) is 6.05. The first kappa shape index (κ1) is 23.6. The highest BCUT2D eigenvalue weighted by molar-refractivity contribution is 7.98. The molecule has 0 aliphatic rings. The number of aliphatic imine (C=N–C) groups is 1. The Hall–Kier alpha value is -1.67. The molecule has 0 atom stereocenters. The van der Waals surface area contributed by atoms with Crippen molar-refractivity contribution >= 4 is 29.5 Å². The van der Waals surface area contributed by atoms with Gasteiger partial charge in [-0.1, -0.05) is 37.7 Å². The van der Waals surface area contributed by atoms with E-state index in [2.05, 4.69) is 81.9 Å². The summed E-state index contributed by atoms with van der Waals surface area (Å²) in [5, 5.41) is 16.5. The van der Waals surface area contributed by atoms with Gasteiger partial charge >= 0.3 is 0 Å². The molecule has 0 spiro atoms. The standard InChI is InChI=1S/C21H34N6S2/c1-15(2)14-27-19(25-26-21(27)29-6)8-7-11-23-20(22-4)24-13-17-10-9-16(3)12-18(17)28-5/h9-10,12,15H,7-8,11,13-14H2,1-6H3,(H2,22,23,24). The normalized spacial score (nSPS) is 11.9. The molecule has 0 radical (unpaired) electrons. The third kappa shape index (κ3) is 7.26. The zero-order valence-electron chi connectivity index (χ0n) is 18.5. The van der Waals surface area contributed by atoms with E-state index in [0.29, 0.717) is 5.92 Å². The van der Waals surface area contributed by atoms with E-state index < -0.39 is 0 Å². The average Bonchev–Trinajstić information content (AvgIpc) is 3.08. The Morgan fingerprint density at radius 3 is 2.62 bits per heavy atom. The van der Waals surface area contributed by atoms with Crippen molar-refractivity contribution in [1.29, 1.82) is 0 Å². The van der Waals surface area contributed by atoms with Gasteiger partial charge in [0.15, 0.2) is 11.1 Å². The van der Waals surface area contributed by atoms with E-state index in [1.54, 1.807) is 23.5 Å².